The number of carboxylic acids is 1. The van der Waals surface area contributed by atoms with E-state index in [1.165, 1.54) is 33.6 Å². The number of β-lactam (4-membered cyclic amide) rings is 1. The number of carbonyl (C=O) groups is 3. The summed E-state index contributed by atoms with van der Waals surface area (Å²) in [6.45, 7) is 11.3. The van der Waals surface area contributed by atoms with Gasteiger partial charge in [-0.1, -0.05) is 24.8 Å². The Kier molecular flexibility index (Phi) is 7.97. The lowest BCUT2D eigenvalue weighted by molar-refractivity contribution is -1.08. The van der Waals surface area contributed by atoms with Gasteiger partial charge in [0.25, 0.3) is 5.91 Å². The number of aliphatic hydroxyl groups is 1. The van der Waals surface area contributed by atoms with Crippen LogP contribution >= 0.6 is 23.1 Å². The molecule has 41 heavy (non-hydrogen) atoms. The summed E-state index contributed by atoms with van der Waals surface area (Å²) in [5.41, 5.74) is 2.04. The molecule has 0 aliphatic carbocycles. The molecule has 0 unspecified atom stereocenters. The van der Waals surface area contributed by atoms with Crippen LogP contribution in [0.25, 0.3) is 10.2 Å². The zero-order valence-corrected chi connectivity index (χ0v) is 26.1. The summed E-state index contributed by atoms with van der Waals surface area (Å²) in [5, 5.41) is 22.1. The van der Waals surface area contributed by atoms with Crippen LogP contribution in [-0.4, -0.2) is 119 Å². The second-order valence-electron chi connectivity index (χ2n) is 12.3. The van der Waals surface area contributed by atoms with Crippen LogP contribution in [0.15, 0.2) is 33.1 Å². The second kappa shape index (κ2) is 10.8. The molecule has 13 heteroatoms. The molecule has 5 aliphatic heterocycles. The second-order valence-corrected chi connectivity index (χ2v) is 14.6. The number of likely N-dealkylation sites (N-methyl/N-ethyl adjacent to an activating group) is 1. The van der Waals surface area contributed by atoms with Gasteiger partial charge in [-0.05, 0) is 19.1 Å². The van der Waals surface area contributed by atoms with Crippen molar-refractivity contribution in [2.24, 2.45) is 11.8 Å². The molecule has 2 bridgehead atoms. The zero-order valence-electron chi connectivity index (χ0n) is 23.7. The van der Waals surface area contributed by atoms with Crippen molar-refractivity contribution < 1.29 is 46.0 Å². The van der Waals surface area contributed by atoms with E-state index in [4.69, 9.17) is 4.98 Å². The zero-order chi connectivity index (χ0) is 28.6. The lowest BCUT2D eigenvalue weighted by Crippen LogP contribution is -3.00. The summed E-state index contributed by atoms with van der Waals surface area (Å²) in [7, 11) is 3.66. The molecule has 0 saturated carbocycles. The Labute approximate surface area is 254 Å². The predicted molar refractivity (Wildman–Crippen MR) is 149 cm³/mol. The highest BCUT2D eigenvalue weighted by Gasteiger charge is 2.59. The number of piperazine rings is 3. The van der Waals surface area contributed by atoms with Gasteiger partial charge in [0.2, 0.25) is 5.91 Å². The van der Waals surface area contributed by atoms with Crippen LogP contribution in [0.1, 0.15) is 19.4 Å². The number of carbonyl (C=O) groups excluding carboxylic acids is 3. The number of halogens is 1. The van der Waals surface area contributed by atoms with Crippen LogP contribution in [-0.2, 0) is 20.9 Å². The number of aliphatic carboxylic acids is 1. The van der Waals surface area contributed by atoms with E-state index < -0.39 is 18.0 Å². The molecule has 1 aromatic heterocycles. The Morgan fingerprint density at radius 1 is 1.20 bits per heavy atom. The van der Waals surface area contributed by atoms with Gasteiger partial charge >= 0.3 is 0 Å². The Morgan fingerprint density at radius 3 is 2.41 bits per heavy atom. The van der Waals surface area contributed by atoms with Crippen LogP contribution in [0.2, 0.25) is 0 Å². The van der Waals surface area contributed by atoms with Gasteiger partial charge in [-0.15, -0.1) is 11.3 Å². The molecule has 0 radical (unpaired) electrons. The summed E-state index contributed by atoms with van der Waals surface area (Å²) in [6, 6.07) is 6.05. The Bertz CT molecular complexity index is 1420. The number of nitrogens with zero attached hydrogens (tertiary/aromatic N) is 5. The average molecular weight is 622 g/mol. The molecule has 1 N–H and O–H groups in total. The minimum Gasteiger partial charge on any atom is -1.00 e. The molecule has 10 nitrogen and oxygen atoms in total. The lowest BCUT2D eigenvalue weighted by Gasteiger charge is -2.55. The van der Waals surface area contributed by atoms with E-state index in [-0.39, 0.29) is 41.9 Å². The van der Waals surface area contributed by atoms with E-state index in [9.17, 15) is 24.6 Å². The molecule has 222 valence electrons. The maximum atomic E-state index is 12.6. The van der Waals surface area contributed by atoms with E-state index >= 15 is 0 Å². The average Bonchev–Trinajstić information content (AvgIpc) is 3.41. The van der Waals surface area contributed by atoms with Gasteiger partial charge in [0.05, 0.1) is 39.9 Å². The van der Waals surface area contributed by atoms with Crippen molar-refractivity contribution in [3.63, 3.8) is 0 Å². The number of rotatable bonds is 8. The standard InChI is InChI=1S/C28H36N5O5S2.ClH/c1-16-23-22(17(2)34)26(36)31(23)24(27(37)38)25(16)40-28-29-19-13-18(5-6-20(19)39-28)14-32-7-10-33(11-8-32,12-9-32)15-21(35)30(3)4;/h5-6,13,16-17,22-23,34H,7-12,14-15H2,1-4H3;1H/q+1;/p-1/t16-,17-,22-,23-,32?,33?;/m1./s1. The van der Waals surface area contributed by atoms with Crippen LogP contribution in [0.4, 0.5) is 0 Å². The number of benzene rings is 1. The molecule has 5 aliphatic rings. The van der Waals surface area contributed by atoms with E-state index in [1.54, 1.807) is 11.8 Å². The highest BCUT2D eigenvalue weighted by Crippen LogP contribution is 2.52. The minimum absolute atomic E-state index is 0. The van der Waals surface area contributed by atoms with Crippen molar-refractivity contribution in [2.75, 3.05) is 59.9 Å². The normalized spacial score (nSPS) is 31.1. The highest BCUT2D eigenvalue weighted by molar-refractivity contribution is 8.04. The fourth-order valence-electron chi connectivity index (χ4n) is 7.07. The Balaban J connectivity index is 0.00000337. The van der Waals surface area contributed by atoms with E-state index in [2.05, 4.69) is 18.2 Å². The number of aromatic nitrogens is 1. The third-order valence-corrected chi connectivity index (χ3v) is 11.9. The van der Waals surface area contributed by atoms with Crippen molar-refractivity contribution in [1.82, 2.24) is 14.8 Å². The lowest BCUT2D eigenvalue weighted by atomic mass is 9.79. The quantitative estimate of drug-likeness (QED) is 0.255. The highest BCUT2D eigenvalue weighted by atomic mass is 35.5. The molecule has 4 saturated heterocycles. The number of aliphatic hydroxyl groups excluding tert-OH is 1. The Morgan fingerprint density at radius 2 is 1.83 bits per heavy atom. The first kappa shape index (κ1) is 30.2. The van der Waals surface area contributed by atoms with Crippen LogP contribution in [0.5, 0.6) is 0 Å². The summed E-state index contributed by atoms with van der Waals surface area (Å²) < 4.78 is 3.71. The topological polar surface area (TPSA) is 114 Å². The van der Waals surface area contributed by atoms with Gasteiger partial charge in [0.15, 0.2) is 10.9 Å². The molecular formula is C28H36ClN5O5S2. The van der Waals surface area contributed by atoms with E-state index in [1.807, 2.05) is 21.0 Å². The predicted octanol–water partition coefficient (Wildman–Crippen LogP) is -2.54. The van der Waals surface area contributed by atoms with Gasteiger partial charge in [-0.2, -0.15) is 0 Å². The van der Waals surface area contributed by atoms with E-state index in [0.717, 1.165) is 69.3 Å². The molecule has 1 aromatic carbocycles. The largest absolute Gasteiger partial charge is 1.00 e. The summed E-state index contributed by atoms with van der Waals surface area (Å²) in [4.78, 5) is 45.5. The summed E-state index contributed by atoms with van der Waals surface area (Å²) in [5.74, 6) is -2.36. The molecule has 2 aromatic rings. The third kappa shape index (κ3) is 5.06. The first-order chi connectivity index (χ1) is 18.9. The summed E-state index contributed by atoms with van der Waals surface area (Å²) in [6.07, 6.45) is -0.841. The monoisotopic (exact) mass is 621 g/mol. The number of fused-ring (bicyclic) bond motifs is 5. The minimum atomic E-state index is -1.37. The van der Waals surface area contributed by atoms with Gasteiger partial charge in [-0.3, -0.25) is 9.59 Å². The smallest absolute Gasteiger partial charge is 0.277 e. The van der Waals surface area contributed by atoms with Gasteiger partial charge < -0.3 is 46.2 Å². The number of hydrogen-bond acceptors (Lipinski definition) is 8. The molecule has 4 fully saturated rings. The number of amides is 2. The number of hydrogen-bond donors (Lipinski definition) is 1. The fraction of sp³-hybridized carbons (Fsp3) is 0.571. The fourth-order valence-corrected chi connectivity index (χ4v) is 9.39. The van der Waals surface area contributed by atoms with Crippen LogP contribution < -0.4 is 17.5 Å². The van der Waals surface area contributed by atoms with Crippen molar-refractivity contribution in [2.45, 2.75) is 36.9 Å². The van der Waals surface area contributed by atoms with Crippen molar-refractivity contribution >= 4 is 51.1 Å². The van der Waals surface area contributed by atoms with Gasteiger partial charge in [-0.25, -0.2) is 4.98 Å². The number of thiazole rings is 1. The number of thioether (sulfide) groups is 1. The number of carboxylic acid groups (broad SMARTS) is 1. The Hall–Kier alpha value is -2.22. The maximum Gasteiger partial charge on any atom is 0.277 e. The number of quaternary nitrogens is 2. The van der Waals surface area contributed by atoms with Gasteiger partial charge in [0.1, 0.15) is 45.8 Å². The van der Waals surface area contributed by atoms with Crippen molar-refractivity contribution in [3.05, 3.63) is 34.4 Å². The molecule has 2 amide bonds. The first-order valence-corrected chi connectivity index (χ1v) is 15.5. The first-order valence-electron chi connectivity index (χ1n) is 13.9. The maximum absolute atomic E-state index is 12.6. The third-order valence-electron chi connectivity index (χ3n) is 9.57. The van der Waals surface area contributed by atoms with Crippen LogP contribution in [0, 0.1) is 11.8 Å². The summed E-state index contributed by atoms with van der Waals surface area (Å²) >= 11 is 2.81. The molecule has 4 atom stereocenters. The van der Waals surface area contributed by atoms with E-state index in [0.29, 0.717) is 11.4 Å². The molecule has 7 rings (SSSR count). The molecule has 6 heterocycles. The van der Waals surface area contributed by atoms with Crippen LogP contribution in [0.3, 0.4) is 0 Å². The molecule has 0 spiro atoms. The molecular weight excluding hydrogens is 586 g/mol. The van der Waals surface area contributed by atoms with Crippen molar-refractivity contribution in [1.29, 1.82) is 0 Å². The van der Waals surface area contributed by atoms with Gasteiger partial charge in [0, 0.05) is 30.5 Å². The van der Waals surface area contributed by atoms with Crippen molar-refractivity contribution in [3.8, 4) is 0 Å². The SMILES string of the molecule is C[C@@H](O)[C@H]1C(=O)N2C(C(=O)[O-])=C(Sc3nc4cc(C[N+]56CC[N+](CC(=O)N(C)C)(CC5)CC6)ccc4s3)[C@H](C)[C@H]12.[Cl-].